The van der Waals surface area contributed by atoms with Crippen molar-refractivity contribution in [3.63, 3.8) is 0 Å². The second-order valence-electron chi connectivity index (χ2n) is 10.6. The van der Waals surface area contributed by atoms with Gasteiger partial charge in [0.2, 0.25) is 0 Å². The fourth-order valence-electron chi connectivity index (χ4n) is 5.16. The van der Waals surface area contributed by atoms with Gasteiger partial charge in [0.25, 0.3) is 11.5 Å². The van der Waals surface area contributed by atoms with Gasteiger partial charge in [-0.1, -0.05) is 6.07 Å². The Morgan fingerprint density at radius 3 is 2.67 bits per heavy atom. The Bertz CT molecular complexity index is 1860. The molecule has 2 aromatic heterocycles. The first-order valence-corrected chi connectivity index (χ1v) is 13.9. The van der Waals surface area contributed by atoms with Crippen molar-refractivity contribution in [2.24, 2.45) is 0 Å². The second kappa shape index (κ2) is 11.4. The van der Waals surface area contributed by atoms with Crippen LogP contribution in [0.2, 0.25) is 0 Å². The van der Waals surface area contributed by atoms with Gasteiger partial charge in [-0.15, -0.1) is 0 Å². The normalized spacial score (nSPS) is 15.2. The van der Waals surface area contributed by atoms with Crippen molar-refractivity contribution >= 4 is 28.4 Å². The molecule has 2 fully saturated rings. The van der Waals surface area contributed by atoms with Crippen LogP contribution in [0.4, 0.5) is 4.39 Å². The molecule has 3 heterocycles. The number of hydrogen-bond donors (Lipinski definition) is 3. The number of nitrogens with one attached hydrogen (secondary N) is 3. The molecule has 0 atom stereocenters. The van der Waals surface area contributed by atoms with Crippen molar-refractivity contribution in [1.82, 2.24) is 25.0 Å². The zero-order valence-electron chi connectivity index (χ0n) is 23.1. The number of carbonyl (C=O) groups is 1. The number of amides is 1. The molecule has 2 aromatic carbocycles. The van der Waals surface area contributed by atoms with Crippen molar-refractivity contribution < 1.29 is 13.9 Å². The summed E-state index contributed by atoms with van der Waals surface area (Å²) in [4.78, 5) is 32.8. The van der Waals surface area contributed by atoms with Crippen LogP contribution in [0.1, 0.15) is 52.1 Å². The summed E-state index contributed by atoms with van der Waals surface area (Å²) in [6, 6.07) is 14.6. The lowest BCUT2D eigenvalue weighted by Crippen LogP contribution is -2.54. The van der Waals surface area contributed by atoms with Gasteiger partial charge in [-0.3, -0.25) is 25.4 Å². The van der Waals surface area contributed by atoms with Crippen LogP contribution >= 0.6 is 0 Å². The highest BCUT2D eigenvalue weighted by molar-refractivity contribution is 6.08. The highest BCUT2D eigenvalue weighted by Gasteiger charge is 2.30. The summed E-state index contributed by atoms with van der Waals surface area (Å²) in [5.74, 6) is -0.617. The topological polar surface area (TPSA) is 163 Å². The Morgan fingerprint density at radius 2 is 1.98 bits per heavy atom. The average Bonchev–Trinajstić information content (AvgIpc) is 3.00. The van der Waals surface area contributed by atoms with E-state index in [2.05, 4.69) is 15.2 Å². The highest BCUT2D eigenvalue weighted by atomic mass is 19.1. The van der Waals surface area contributed by atoms with Gasteiger partial charge in [-0.25, -0.2) is 9.49 Å². The number of nitriles is 1. The number of carbonyl (C=O) groups excluding carboxylic acids is 1. The van der Waals surface area contributed by atoms with Crippen LogP contribution in [-0.2, 0) is 6.42 Å². The number of aromatic nitrogens is 3. The molecule has 0 spiro atoms. The predicted octanol–water partition coefficient (Wildman–Crippen LogP) is 3.61. The van der Waals surface area contributed by atoms with Gasteiger partial charge in [-0.2, -0.15) is 10.4 Å². The zero-order chi connectivity index (χ0) is 30.1. The Labute approximate surface area is 245 Å². The molecule has 12 heteroatoms. The number of H-pyrrole nitrogens is 1. The first-order valence-electron chi connectivity index (χ1n) is 13.9. The molecule has 11 nitrogen and oxygen atoms in total. The molecule has 1 aliphatic heterocycles. The minimum Gasteiger partial charge on any atom is -0.490 e. The van der Waals surface area contributed by atoms with Crippen molar-refractivity contribution in [3.05, 3.63) is 99.0 Å². The maximum absolute atomic E-state index is 15.0. The number of fused-ring (bicyclic) bond motifs is 1. The van der Waals surface area contributed by atoms with E-state index in [1.165, 1.54) is 34.2 Å². The molecule has 1 saturated carbocycles. The van der Waals surface area contributed by atoms with E-state index >= 15 is 0 Å². The average molecular weight is 579 g/mol. The molecule has 6 rings (SSSR count). The minimum atomic E-state index is -0.687. The summed E-state index contributed by atoms with van der Waals surface area (Å²) in [6.07, 6.45) is 4.89. The first kappa shape index (κ1) is 27.7. The fourth-order valence-corrected chi connectivity index (χ4v) is 5.16. The number of halogens is 1. The third kappa shape index (κ3) is 5.57. The van der Waals surface area contributed by atoms with Gasteiger partial charge in [0.05, 0.1) is 34.9 Å². The maximum atomic E-state index is 15.0. The molecule has 1 amide bonds. The highest BCUT2D eigenvalue weighted by Crippen LogP contribution is 2.28. The summed E-state index contributed by atoms with van der Waals surface area (Å²) < 4.78 is 21.0. The number of amidine groups is 2. The smallest absolute Gasteiger partial charge is 0.272 e. The number of piperazine rings is 1. The second-order valence-corrected chi connectivity index (χ2v) is 10.6. The van der Waals surface area contributed by atoms with E-state index in [1.54, 1.807) is 30.3 Å². The van der Waals surface area contributed by atoms with E-state index in [0.29, 0.717) is 39.0 Å². The van der Waals surface area contributed by atoms with Gasteiger partial charge in [0.1, 0.15) is 29.2 Å². The molecule has 0 bridgehead atoms. The number of pyridine rings is 1. The van der Waals surface area contributed by atoms with E-state index in [4.69, 9.17) is 20.8 Å². The SMILES string of the molecule is N#Cc1ccc(C(=N)N2CCN(C(=O)c3cc(Cc4n[nH]c(=O)c5ccc(OC6CCC6)cc45)ccc3F)CC2=N)nc1. The van der Waals surface area contributed by atoms with E-state index in [-0.39, 0.29) is 55.0 Å². The first-order chi connectivity index (χ1) is 20.8. The van der Waals surface area contributed by atoms with Crippen LogP contribution in [-0.4, -0.2) is 68.3 Å². The van der Waals surface area contributed by atoms with Crippen LogP contribution < -0.4 is 10.3 Å². The molecule has 4 aromatic rings. The summed E-state index contributed by atoms with van der Waals surface area (Å²) in [5, 5.41) is 33.8. The Hall–Kier alpha value is -5.44. The summed E-state index contributed by atoms with van der Waals surface area (Å²) in [5.41, 5.74) is 1.38. The van der Waals surface area contributed by atoms with Gasteiger partial charge in [0, 0.05) is 31.1 Å². The van der Waals surface area contributed by atoms with Crippen molar-refractivity contribution in [1.29, 1.82) is 16.1 Å². The number of ether oxygens (including phenoxy) is 1. The summed E-state index contributed by atoms with van der Waals surface area (Å²) >= 11 is 0. The fraction of sp³-hybridized carbons (Fsp3) is 0.258. The third-order valence-corrected chi connectivity index (χ3v) is 7.78. The van der Waals surface area contributed by atoms with Crippen LogP contribution in [0.25, 0.3) is 10.8 Å². The molecule has 43 heavy (non-hydrogen) atoms. The Balaban J connectivity index is 1.19. The van der Waals surface area contributed by atoms with E-state index in [0.717, 1.165) is 19.3 Å². The zero-order valence-corrected chi connectivity index (χ0v) is 23.1. The van der Waals surface area contributed by atoms with Crippen molar-refractivity contribution in [2.45, 2.75) is 31.8 Å². The van der Waals surface area contributed by atoms with Crippen LogP contribution in [0.15, 0.2) is 59.5 Å². The molecular formula is C31H27FN8O3. The molecule has 2 aliphatic rings. The minimum absolute atomic E-state index is 0.00356. The van der Waals surface area contributed by atoms with Gasteiger partial charge in [0.15, 0.2) is 5.84 Å². The van der Waals surface area contributed by atoms with E-state index in [9.17, 15) is 14.0 Å². The van der Waals surface area contributed by atoms with E-state index < -0.39 is 11.7 Å². The molecule has 3 N–H and O–H groups in total. The molecule has 1 aliphatic carbocycles. The molecular weight excluding hydrogens is 551 g/mol. The standard InChI is InChI=1S/C31H27FN8O3/c32-25-8-4-18(13-27-23-14-21(43-20-2-1-3-20)6-7-22(23)30(41)38-37-27)12-24(25)31(42)39-10-11-40(28(34)17-39)29(35)26-9-5-19(15-33)16-36-26/h4-9,12,14,16,20,34-35H,1-3,10-11,13,17H2,(H,38,41). The lowest BCUT2D eigenvalue weighted by atomic mass is 9.96. The number of hydrogen-bond acceptors (Lipinski definition) is 8. The summed E-state index contributed by atoms with van der Waals surface area (Å²) in [6.45, 7) is 0.210. The molecule has 0 unspecified atom stereocenters. The maximum Gasteiger partial charge on any atom is 0.272 e. The number of aromatic amines is 1. The largest absolute Gasteiger partial charge is 0.490 e. The predicted molar refractivity (Wildman–Crippen MR) is 156 cm³/mol. The Kier molecular flexibility index (Phi) is 7.38. The number of nitrogens with zero attached hydrogens (tertiary/aromatic N) is 5. The Morgan fingerprint density at radius 1 is 1.14 bits per heavy atom. The van der Waals surface area contributed by atoms with E-state index in [1.807, 2.05) is 6.07 Å². The lowest BCUT2D eigenvalue weighted by Gasteiger charge is -2.36. The number of benzene rings is 2. The van der Waals surface area contributed by atoms with Gasteiger partial charge >= 0.3 is 0 Å². The molecule has 216 valence electrons. The molecule has 1 saturated heterocycles. The van der Waals surface area contributed by atoms with Crippen molar-refractivity contribution in [3.8, 4) is 11.8 Å². The third-order valence-electron chi connectivity index (χ3n) is 7.78. The quantitative estimate of drug-likeness (QED) is 0.232. The van der Waals surface area contributed by atoms with Crippen LogP contribution in [0.5, 0.6) is 5.75 Å². The number of rotatable bonds is 6. The lowest BCUT2D eigenvalue weighted by molar-refractivity contribution is 0.0752. The van der Waals surface area contributed by atoms with Crippen molar-refractivity contribution in [2.75, 3.05) is 19.6 Å². The molecule has 0 radical (unpaired) electrons. The van der Waals surface area contributed by atoms with Crippen LogP contribution in [0.3, 0.4) is 0 Å². The van der Waals surface area contributed by atoms with Crippen LogP contribution in [0, 0.1) is 28.0 Å². The van der Waals surface area contributed by atoms with Gasteiger partial charge in [-0.05, 0) is 67.3 Å². The monoisotopic (exact) mass is 578 g/mol. The van der Waals surface area contributed by atoms with Gasteiger partial charge < -0.3 is 14.5 Å². The summed E-state index contributed by atoms with van der Waals surface area (Å²) in [7, 11) is 0.